The molecule has 3 rings (SSSR count). The highest BCUT2D eigenvalue weighted by Gasteiger charge is 2.15. The number of hydrogen-bond acceptors (Lipinski definition) is 3. The van der Waals surface area contributed by atoms with Gasteiger partial charge in [0.1, 0.15) is 4.83 Å². The first-order chi connectivity index (χ1) is 9.49. The minimum atomic E-state index is -1.33. The Balaban J connectivity index is 2.44. The molecule has 102 valence electrons. The van der Waals surface area contributed by atoms with Gasteiger partial charge >= 0.3 is 0 Å². The minimum Gasteiger partial charge on any atom is -0.323 e. The van der Waals surface area contributed by atoms with E-state index < -0.39 is 28.7 Å². The van der Waals surface area contributed by atoms with Crippen molar-refractivity contribution in [1.82, 2.24) is 9.55 Å². The van der Waals surface area contributed by atoms with Crippen LogP contribution in [0, 0.1) is 22.2 Å². The molecule has 1 aromatic carbocycles. The lowest BCUT2D eigenvalue weighted by Gasteiger charge is -2.08. The molecule has 0 atom stereocenters. The van der Waals surface area contributed by atoms with Gasteiger partial charge in [-0.05, 0) is 23.7 Å². The molecule has 0 aliphatic rings. The third-order valence-corrected chi connectivity index (χ3v) is 3.87. The second-order valence-corrected chi connectivity index (χ2v) is 5.25. The van der Waals surface area contributed by atoms with Gasteiger partial charge in [-0.25, -0.2) is 17.7 Å². The molecule has 2 heterocycles. The van der Waals surface area contributed by atoms with Crippen LogP contribution in [0.4, 0.5) is 13.2 Å². The molecule has 0 amide bonds. The van der Waals surface area contributed by atoms with E-state index in [9.17, 15) is 18.0 Å². The van der Waals surface area contributed by atoms with Crippen molar-refractivity contribution < 1.29 is 13.2 Å². The Morgan fingerprint density at radius 3 is 2.60 bits per heavy atom. The number of aromatic amines is 1. The summed E-state index contributed by atoms with van der Waals surface area (Å²) in [6.07, 6.45) is 0. The van der Waals surface area contributed by atoms with Gasteiger partial charge in [-0.15, -0.1) is 11.3 Å². The number of nitrogens with zero attached hydrogens (tertiary/aromatic N) is 1. The molecule has 3 aromatic rings. The number of thiophene rings is 1. The van der Waals surface area contributed by atoms with E-state index in [1.54, 1.807) is 11.4 Å². The average Bonchev–Trinajstić information content (AvgIpc) is 2.83. The number of benzene rings is 1. The fourth-order valence-corrected chi connectivity index (χ4v) is 2.97. The van der Waals surface area contributed by atoms with Crippen LogP contribution >= 0.6 is 23.6 Å². The fraction of sp³-hybridized carbons (Fsp3) is 0. The van der Waals surface area contributed by atoms with Gasteiger partial charge in [-0.2, -0.15) is 0 Å². The Kier molecular flexibility index (Phi) is 2.98. The van der Waals surface area contributed by atoms with Gasteiger partial charge < -0.3 is 4.98 Å². The average molecular weight is 314 g/mol. The highest BCUT2D eigenvalue weighted by Crippen LogP contribution is 2.19. The van der Waals surface area contributed by atoms with E-state index >= 15 is 0 Å². The Hall–Kier alpha value is -1.93. The van der Waals surface area contributed by atoms with Crippen LogP contribution in [0.1, 0.15) is 0 Å². The molecule has 0 saturated heterocycles. The molecule has 0 unspecified atom stereocenters. The lowest BCUT2D eigenvalue weighted by molar-refractivity contribution is 0.492. The first-order valence-corrected chi connectivity index (χ1v) is 6.65. The van der Waals surface area contributed by atoms with E-state index in [4.69, 9.17) is 12.2 Å². The summed E-state index contributed by atoms with van der Waals surface area (Å²) in [5.41, 5.74) is -1.02. The molecule has 0 spiro atoms. The number of aromatic nitrogens is 2. The van der Waals surface area contributed by atoms with Crippen LogP contribution < -0.4 is 5.56 Å². The molecule has 0 saturated carbocycles. The minimum absolute atomic E-state index is 0.0881. The summed E-state index contributed by atoms with van der Waals surface area (Å²) in [6, 6.07) is 2.53. The maximum Gasteiger partial charge on any atom is 0.267 e. The number of hydrogen-bond donors (Lipinski definition) is 1. The highest BCUT2D eigenvalue weighted by atomic mass is 32.1. The normalized spacial score (nSPS) is 11.2. The lowest BCUT2D eigenvalue weighted by atomic mass is 10.2. The number of fused-ring (bicyclic) bond motifs is 1. The third kappa shape index (κ3) is 1.88. The van der Waals surface area contributed by atoms with E-state index in [0.29, 0.717) is 22.3 Å². The predicted octanol–water partition coefficient (Wildman–Crippen LogP) is 3.53. The van der Waals surface area contributed by atoms with Gasteiger partial charge in [0, 0.05) is 12.1 Å². The first-order valence-electron chi connectivity index (χ1n) is 5.36. The Bertz CT molecular complexity index is 942. The van der Waals surface area contributed by atoms with Crippen molar-refractivity contribution in [1.29, 1.82) is 0 Å². The topological polar surface area (TPSA) is 37.8 Å². The van der Waals surface area contributed by atoms with Crippen molar-refractivity contribution in [2.24, 2.45) is 0 Å². The molecular formula is C12H5F3N2OS2. The summed E-state index contributed by atoms with van der Waals surface area (Å²) in [6.45, 7) is 0. The molecule has 20 heavy (non-hydrogen) atoms. The van der Waals surface area contributed by atoms with Gasteiger partial charge in [0.05, 0.1) is 11.1 Å². The molecule has 8 heteroatoms. The van der Waals surface area contributed by atoms with E-state index in [1.807, 2.05) is 0 Å². The number of H-pyrrole nitrogens is 1. The van der Waals surface area contributed by atoms with Crippen LogP contribution in [0.3, 0.4) is 0 Å². The van der Waals surface area contributed by atoms with Gasteiger partial charge in [0.15, 0.2) is 22.2 Å². The third-order valence-electron chi connectivity index (χ3n) is 2.75. The summed E-state index contributed by atoms with van der Waals surface area (Å²) in [5.74, 6) is -3.65. The van der Waals surface area contributed by atoms with Crippen molar-refractivity contribution in [3.8, 4) is 5.69 Å². The van der Waals surface area contributed by atoms with Crippen molar-refractivity contribution in [2.75, 3.05) is 0 Å². The predicted molar refractivity (Wildman–Crippen MR) is 72.5 cm³/mol. The number of rotatable bonds is 1. The summed E-state index contributed by atoms with van der Waals surface area (Å²) < 4.78 is 40.7. The fourth-order valence-electron chi connectivity index (χ4n) is 1.84. The van der Waals surface area contributed by atoms with E-state index in [0.717, 1.165) is 4.57 Å². The zero-order valence-electron chi connectivity index (χ0n) is 9.62. The molecule has 3 nitrogen and oxygen atoms in total. The summed E-state index contributed by atoms with van der Waals surface area (Å²) >= 11 is 6.25. The monoisotopic (exact) mass is 314 g/mol. The Morgan fingerprint density at radius 2 is 1.85 bits per heavy atom. The molecule has 0 bridgehead atoms. The van der Waals surface area contributed by atoms with Crippen LogP contribution in [0.5, 0.6) is 0 Å². The maximum absolute atomic E-state index is 13.8. The zero-order valence-corrected chi connectivity index (χ0v) is 11.2. The van der Waals surface area contributed by atoms with Crippen LogP contribution in [0.2, 0.25) is 0 Å². The largest absolute Gasteiger partial charge is 0.323 e. The van der Waals surface area contributed by atoms with E-state index in [-0.39, 0.29) is 4.77 Å². The summed E-state index contributed by atoms with van der Waals surface area (Å²) in [5, 5.41) is 1.97. The highest BCUT2D eigenvalue weighted by molar-refractivity contribution is 7.71. The molecule has 1 N–H and O–H groups in total. The molecule has 0 radical (unpaired) electrons. The second kappa shape index (κ2) is 4.57. The zero-order chi connectivity index (χ0) is 14.4. The van der Waals surface area contributed by atoms with Crippen molar-refractivity contribution >= 4 is 33.8 Å². The van der Waals surface area contributed by atoms with Gasteiger partial charge in [-0.1, -0.05) is 0 Å². The van der Waals surface area contributed by atoms with E-state index in [1.165, 1.54) is 11.3 Å². The van der Waals surface area contributed by atoms with Gasteiger partial charge in [0.2, 0.25) is 0 Å². The van der Waals surface area contributed by atoms with Crippen molar-refractivity contribution in [3.63, 3.8) is 0 Å². The van der Waals surface area contributed by atoms with Crippen LogP contribution in [0.25, 0.3) is 15.9 Å². The van der Waals surface area contributed by atoms with Crippen LogP contribution in [-0.4, -0.2) is 9.55 Å². The van der Waals surface area contributed by atoms with Crippen LogP contribution in [0.15, 0.2) is 28.4 Å². The quantitative estimate of drug-likeness (QED) is 0.551. The summed E-state index contributed by atoms with van der Waals surface area (Å²) in [7, 11) is 0. The second-order valence-electron chi connectivity index (χ2n) is 3.95. The van der Waals surface area contributed by atoms with Crippen molar-refractivity contribution in [2.45, 2.75) is 0 Å². The maximum atomic E-state index is 13.8. The molecule has 0 aliphatic carbocycles. The van der Waals surface area contributed by atoms with Gasteiger partial charge in [-0.3, -0.25) is 4.79 Å². The van der Waals surface area contributed by atoms with Gasteiger partial charge in [0.25, 0.3) is 5.56 Å². The smallest absolute Gasteiger partial charge is 0.267 e. The van der Waals surface area contributed by atoms with Crippen molar-refractivity contribution in [3.05, 3.63) is 56.2 Å². The molecular weight excluding hydrogens is 309 g/mol. The lowest BCUT2D eigenvalue weighted by Crippen LogP contribution is -2.21. The number of halogens is 3. The molecule has 2 aromatic heterocycles. The standard InChI is InChI=1S/C12H5F3N2OS2/c13-6-3-8(15)9(4-7(6)14)17-11(18)5-1-2-20-10(5)16-12(17)19/h1-4H,(H,16,19). The Morgan fingerprint density at radius 1 is 1.15 bits per heavy atom. The molecule has 0 aliphatic heterocycles. The first kappa shape index (κ1) is 13.1. The van der Waals surface area contributed by atoms with Crippen LogP contribution in [-0.2, 0) is 0 Å². The molecule has 0 fully saturated rings. The SMILES string of the molecule is O=c1c2ccsc2[nH]c(=S)n1-c1cc(F)c(F)cc1F. The Labute approximate surface area is 118 Å². The summed E-state index contributed by atoms with van der Waals surface area (Å²) in [4.78, 5) is 15.6. The number of nitrogens with one attached hydrogen (secondary N) is 1. The van der Waals surface area contributed by atoms with E-state index in [2.05, 4.69) is 4.98 Å².